The van der Waals surface area contributed by atoms with Crippen LogP contribution in [0.2, 0.25) is 10.0 Å². The molecular formula is C26H30Cl2N2O3. The van der Waals surface area contributed by atoms with Crippen molar-refractivity contribution < 1.29 is 14.7 Å². The van der Waals surface area contributed by atoms with E-state index in [9.17, 15) is 9.59 Å². The molecule has 5 nitrogen and oxygen atoms in total. The monoisotopic (exact) mass is 488 g/mol. The first-order valence-corrected chi connectivity index (χ1v) is 12.0. The van der Waals surface area contributed by atoms with Gasteiger partial charge in [-0.05, 0) is 61.6 Å². The highest BCUT2D eigenvalue weighted by molar-refractivity contribution is 6.31. The van der Waals surface area contributed by atoms with Gasteiger partial charge in [0.05, 0.1) is 0 Å². The summed E-state index contributed by atoms with van der Waals surface area (Å²) >= 11 is 12.3. The van der Waals surface area contributed by atoms with Gasteiger partial charge in [0, 0.05) is 64.3 Å². The molecule has 2 aromatic carbocycles. The van der Waals surface area contributed by atoms with Gasteiger partial charge in [-0.25, -0.2) is 0 Å². The summed E-state index contributed by atoms with van der Waals surface area (Å²) in [5.74, 6) is -1.13. The number of Topliss-reactive ketones (excluding diaryl/α,β-unsaturated/α-hetero) is 1. The fraction of sp³-hybridized carbons (Fsp3) is 0.385. The Morgan fingerprint density at radius 2 is 1.79 bits per heavy atom. The van der Waals surface area contributed by atoms with E-state index in [4.69, 9.17) is 28.3 Å². The molecule has 3 rings (SSSR count). The van der Waals surface area contributed by atoms with Crippen molar-refractivity contribution in [2.75, 3.05) is 11.9 Å². The first kappa shape index (κ1) is 25.1. The molecule has 0 bridgehead atoms. The number of unbranched alkanes of at least 4 members (excludes halogenated alkanes) is 2. The van der Waals surface area contributed by atoms with E-state index in [0.29, 0.717) is 15.6 Å². The molecular weight excluding hydrogens is 459 g/mol. The number of fused-ring (bicyclic) bond motifs is 1. The van der Waals surface area contributed by atoms with Crippen LogP contribution in [-0.4, -0.2) is 28.0 Å². The quantitative estimate of drug-likeness (QED) is 0.212. The topological polar surface area (TPSA) is 71.3 Å². The maximum absolute atomic E-state index is 13.2. The molecule has 0 saturated carbocycles. The van der Waals surface area contributed by atoms with Crippen molar-refractivity contribution in [1.82, 2.24) is 4.57 Å². The zero-order chi connectivity index (χ0) is 24.0. The minimum atomic E-state index is -0.886. The highest BCUT2D eigenvalue weighted by Crippen LogP contribution is 2.31. The number of anilines is 1. The van der Waals surface area contributed by atoms with E-state index in [-0.39, 0.29) is 24.5 Å². The third-order valence-electron chi connectivity index (χ3n) is 5.86. The highest BCUT2D eigenvalue weighted by Gasteiger charge is 2.23. The largest absolute Gasteiger partial charge is 0.481 e. The van der Waals surface area contributed by atoms with E-state index in [1.807, 2.05) is 49.5 Å². The van der Waals surface area contributed by atoms with Crippen molar-refractivity contribution in [3.63, 3.8) is 0 Å². The fourth-order valence-electron chi connectivity index (χ4n) is 4.29. The number of carboxylic acid groups (broad SMARTS) is 1. The number of carbonyl (C=O) groups excluding carboxylic acids is 1. The van der Waals surface area contributed by atoms with Crippen LogP contribution >= 0.6 is 23.2 Å². The zero-order valence-electron chi connectivity index (χ0n) is 19.0. The number of nitrogens with one attached hydrogen (secondary N) is 1. The molecule has 0 spiro atoms. The van der Waals surface area contributed by atoms with Crippen molar-refractivity contribution in [2.24, 2.45) is 13.0 Å². The molecule has 0 aliphatic rings. The van der Waals surface area contributed by atoms with Gasteiger partial charge in [0.15, 0.2) is 5.78 Å². The zero-order valence-corrected chi connectivity index (χ0v) is 20.5. The normalized spacial score (nSPS) is 12.1. The lowest BCUT2D eigenvalue weighted by Crippen LogP contribution is -2.12. The Kier molecular flexibility index (Phi) is 8.81. The van der Waals surface area contributed by atoms with Crippen molar-refractivity contribution in [3.05, 3.63) is 63.8 Å². The molecule has 0 aliphatic heterocycles. The van der Waals surface area contributed by atoms with Gasteiger partial charge in [0.2, 0.25) is 0 Å². The molecule has 33 heavy (non-hydrogen) atoms. The Morgan fingerprint density at radius 1 is 1.03 bits per heavy atom. The van der Waals surface area contributed by atoms with E-state index in [2.05, 4.69) is 9.88 Å². The molecule has 0 saturated heterocycles. The van der Waals surface area contributed by atoms with Crippen LogP contribution in [0.4, 0.5) is 5.69 Å². The molecule has 2 N–H and O–H groups in total. The number of aromatic nitrogens is 1. The second-order valence-corrected chi connectivity index (χ2v) is 9.49. The molecule has 1 atom stereocenters. The van der Waals surface area contributed by atoms with Crippen LogP contribution < -0.4 is 5.32 Å². The lowest BCUT2D eigenvalue weighted by Gasteiger charge is -2.11. The molecule has 7 heteroatoms. The number of rotatable bonds is 12. The summed E-state index contributed by atoms with van der Waals surface area (Å²) in [4.78, 5) is 24.3. The molecule has 0 fully saturated rings. The van der Waals surface area contributed by atoms with E-state index in [1.165, 1.54) is 0 Å². The molecule has 176 valence electrons. The number of aliphatic carboxylic acids is 1. The number of hydrogen-bond acceptors (Lipinski definition) is 3. The summed E-state index contributed by atoms with van der Waals surface area (Å²) in [6.07, 6.45) is 3.91. The van der Waals surface area contributed by atoms with Gasteiger partial charge in [-0.3, -0.25) is 9.59 Å². The van der Waals surface area contributed by atoms with Crippen molar-refractivity contribution in [2.45, 2.75) is 45.4 Å². The number of nitrogens with zero attached hydrogens (tertiary/aromatic N) is 1. The summed E-state index contributed by atoms with van der Waals surface area (Å²) in [6.45, 7) is 2.65. The molecule has 0 radical (unpaired) electrons. The smallest absolute Gasteiger partial charge is 0.303 e. The Balaban J connectivity index is 1.68. The van der Waals surface area contributed by atoms with Gasteiger partial charge in [0.25, 0.3) is 0 Å². The van der Waals surface area contributed by atoms with Crippen molar-refractivity contribution in [3.8, 4) is 0 Å². The number of ketones is 1. The maximum atomic E-state index is 13.2. The van der Waals surface area contributed by atoms with Gasteiger partial charge < -0.3 is 15.0 Å². The summed E-state index contributed by atoms with van der Waals surface area (Å²) < 4.78 is 2.07. The Hall–Kier alpha value is -2.50. The Labute approximate surface area is 204 Å². The third kappa shape index (κ3) is 6.75. The maximum Gasteiger partial charge on any atom is 0.303 e. The fourth-order valence-corrected chi connectivity index (χ4v) is 4.65. The van der Waals surface area contributed by atoms with Gasteiger partial charge in [-0.15, -0.1) is 0 Å². The lowest BCUT2D eigenvalue weighted by molar-refractivity contribution is -0.137. The van der Waals surface area contributed by atoms with Crippen LogP contribution in [0.5, 0.6) is 0 Å². The van der Waals surface area contributed by atoms with Gasteiger partial charge in [0.1, 0.15) is 0 Å². The average Bonchev–Trinajstić information content (AvgIpc) is 3.01. The molecule has 0 aliphatic carbocycles. The highest BCUT2D eigenvalue weighted by atomic mass is 35.5. The van der Waals surface area contributed by atoms with Gasteiger partial charge in [-0.1, -0.05) is 42.6 Å². The minimum Gasteiger partial charge on any atom is -0.481 e. The Morgan fingerprint density at radius 3 is 2.52 bits per heavy atom. The molecule has 1 aromatic heterocycles. The van der Waals surface area contributed by atoms with Gasteiger partial charge >= 0.3 is 5.97 Å². The summed E-state index contributed by atoms with van der Waals surface area (Å²) in [7, 11) is 1.98. The van der Waals surface area contributed by atoms with Crippen LogP contribution in [-0.2, 0) is 18.3 Å². The number of halogens is 2. The number of carbonyl (C=O) groups is 2. The second-order valence-electron chi connectivity index (χ2n) is 8.62. The van der Waals surface area contributed by atoms with E-state index in [1.54, 1.807) is 6.92 Å². The Bertz CT molecular complexity index is 1140. The lowest BCUT2D eigenvalue weighted by atomic mass is 9.94. The molecule has 3 aromatic rings. The van der Waals surface area contributed by atoms with E-state index >= 15 is 0 Å². The summed E-state index contributed by atoms with van der Waals surface area (Å²) in [5.41, 5.74) is 3.65. The first-order chi connectivity index (χ1) is 15.8. The van der Waals surface area contributed by atoms with E-state index < -0.39 is 5.97 Å². The standard InChI is InChI=1S/C26H30Cl2N2O3/c1-17(14-25(32)33)13-24(31)26-21-16-19(28)10-11-22(21)30(2)23(26)9-4-3-5-12-29-20-8-6-7-18(27)15-20/h6-8,10-11,15-17,29H,3-5,9,12-14H2,1-2H3,(H,32,33)/t17-/m0/s1. The van der Waals surface area contributed by atoms with Gasteiger partial charge in [-0.2, -0.15) is 0 Å². The summed E-state index contributed by atoms with van der Waals surface area (Å²) in [5, 5.41) is 14.6. The number of aryl methyl sites for hydroxylation is 1. The predicted molar refractivity (Wildman–Crippen MR) is 136 cm³/mol. The number of carboxylic acids is 1. The SMILES string of the molecule is C[C@H](CC(=O)O)CC(=O)c1c(CCCCCNc2cccc(Cl)c2)n(C)c2ccc(Cl)cc12. The van der Waals surface area contributed by atoms with Crippen LogP contribution in [0.1, 0.15) is 55.1 Å². The summed E-state index contributed by atoms with van der Waals surface area (Å²) in [6, 6.07) is 13.3. The third-order valence-corrected chi connectivity index (χ3v) is 6.33. The van der Waals surface area contributed by atoms with E-state index in [0.717, 1.165) is 54.5 Å². The first-order valence-electron chi connectivity index (χ1n) is 11.3. The van der Waals surface area contributed by atoms with Crippen LogP contribution in [0, 0.1) is 5.92 Å². The molecule has 0 amide bonds. The van der Waals surface area contributed by atoms with Crippen molar-refractivity contribution >= 4 is 51.5 Å². The number of benzene rings is 2. The van der Waals surface area contributed by atoms with Crippen LogP contribution in [0.15, 0.2) is 42.5 Å². The predicted octanol–water partition coefficient (Wildman–Crippen LogP) is 6.99. The minimum absolute atomic E-state index is 0.0192. The molecule has 0 unspecified atom stereocenters. The average molecular weight is 489 g/mol. The second kappa shape index (κ2) is 11.6. The van der Waals surface area contributed by atoms with Crippen LogP contribution in [0.3, 0.4) is 0 Å². The van der Waals surface area contributed by atoms with Crippen LogP contribution in [0.25, 0.3) is 10.9 Å². The van der Waals surface area contributed by atoms with Crippen molar-refractivity contribution in [1.29, 1.82) is 0 Å². The number of hydrogen-bond donors (Lipinski definition) is 2. The molecule has 1 heterocycles.